The van der Waals surface area contributed by atoms with E-state index in [1.165, 1.54) is 6.92 Å². The van der Waals surface area contributed by atoms with Gasteiger partial charge >= 0.3 is 13.7 Å². The fourth-order valence-corrected chi connectivity index (χ4v) is 6.92. The van der Waals surface area contributed by atoms with Gasteiger partial charge in [-0.2, -0.15) is 5.06 Å². The van der Waals surface area contributed by atoms with Crippen molar-refractivity contribution in [3.05, 3.63) is 102 Å². The molecule has 0 spiro atoms. The van der Waals surface area contributed by atoms with E-state index in [4.69, 9.17) is 38.9 Å². The number of aliphatic hydroxyl groups excluding tert-OH is 1. The number of carbonyl (C=O) groups excluding carboxylic acids is 2. The lowest BCUT2D eigenvalue weighted by Crippen LogP contribution is -2.68. The highest BCUT2D eigenvalue weighted by Gasteiger charge is 2.57. The molecule has 3 aromatic carbocycles. The lowest BCUT2D eigenvalue weighted by atomic mass is 9.87. The predicted octanol–water partition coefficient (Wildman–Crippen LogP) is 4.23. The van der Waals surface area contributed by atoms with Crippen LogP contribution in [0.1, 0.15) is 63.5 Å². The van der Waals surface area contributed by atoms with Crippen LogP contribution in [0.2, 0.25) is 0 Å². The third-order valence-electron chi connectivity index (χ3n) is 8.92. The topological polar surface area (TPSA) is 198 Å². The average Bonchev–Trinajstić information content (AvgIpc) is 3.55. The van der Waals surface area contributed by atoms with E-state index in [1.54, 1.807) is 36.4 Å². The summed E-state index contributed by atoms with van der Waals surface area (Å²) in [6.07, 6.45) is -3.81. The minimum Gasteiger partial charge on any atom is -0.497 e. The molecule has 54 heavy (non-hydrogen) atoms. The first-order chi connectivity index (χ1) is 25.6. The Morgan fingerprint density at radius 2 is 1.67 bits per heavy atom. The summed E-state index contributed by atoms with van der Waals surface area (Å²) in [6.45, 7) is 7.72. The normalized spacial score (nSPS) is 28.1. The maximum absolute atomic E-state index is 14.6. The monoisotopic (exact) mass is 771 g/mol. The van der Waals surface area contributed by atoms with Crippen LogP contribution in [-0.2, 0) is 54.6 Å². The van der Waals surface area contributed by atoms with Crippen LogP contribution in [0.25, 0.3) is 0 Å². The van der Waals surface area contributed by atoms with Crippen molar-refractivity contribution in [2.75, 3.05) is 20.3 Å². The van der Waals surface area contributed by atoms with Crippen LogP contribution in [-0.4, -0.2) is 83.4 Å². The molecule has 3 unspecified atom stereocenters. The zero-order valence-corrected chi connectivity index (χ0v) is 31.9. The van der Waals surface area contributed by atoms with Crippen LogP contribution in [0.5, 0.6) is 5.75 Å². The summed E-state index contributed by atoms with van der Waals surface area (Å²) in [7, 11) is -2.25. The molecule has 16 heteroatoms. The molecule has 5 N–H and O–H groups in total. The minimum atomic E-state index is -3.83. The van der Waals surface area contributed by atoms with Crippen molar-refractivity contribution in [2.45, 2.75) is 95.2 Å². The number of amides is 1. The lowest BCUT2D eigenvalue weighted by Gasteiger charge is -2.48. The molecule has 8 atom stereocenters. The van der Waals surface area contributed by atoms with Crippen LogP contribution >= 0.6 is 7.75 Å². The molecule has 3 aliphatic rings. The van der Waals surface area contributed by atoms with E-state index in [0.717, 1.165) is 11.1 Å². The second kappa shape index (κ2) is 17.8. The zero-order valence-electron chi connectivity index (χ0n) is 31.0. The number of fused-ring (bicyclic) bond motifs is 1. The van der Waals surface area contributed by atoms with Crippen molar-refractivity contribution in [3.63, 3.8) is 0 Å². The highest BCUT2D eigenvalue weighted by atomic mass is 31.2. The van der Waals surface area contributed by atoms with Crippen molar-refractivity contribution in [2.24, 2.45) is 5.50 Å². The van der Waals surface area contributed by atoms with E-state index < -0.39 is 67.7 Å². The average molecular weight is 772 g/mol. The second-order valence-electron chi connectivity index (χ2n) is 14.2. The molecule has 3 fully saturated rings. The van der Waals surface area contributed by atoms with Gasteiger partial charge in [0, 0.05) is 19.0 Å². The first-order valence-electron chi connectivity index (χ1n) is 17.6. The number of nitrogens with zero attached hydrogens (tertiary/aromatic N) is 1. The van der Waals surface area contributed by atoms with Gasteiger partial charge < -0.3 is 39.0 Å². The molecule has 1 amide bonds. The Morgan fingerprint density at radius 1 is 1.02 bits per heavy atom. The maximum Gasteiger partial charge on any atom is 0.400 e. The highest BCUT2D eigenvalue weighted by Crippen LogP contribution is 2.44. The van der Waals surface area contributed by atoms with Crippen LogP contribution in [0.3, 0.4) is 0 Å². The molecule has 6 rings (SSSR count). The summed E-state index contributed by atoms with van der Waals surface area (Å²) in [5.41, 5.74) is 5.15. The molecule has 0 aliphatic carbocycles. The van der Waals surface area contributed by atoms with Crippen LogP contribution < -0.4 is 15.6 Å². The second-order valence-corrected chi connectivity index (χ2v) is 15.5. The Morgan fingerprint density at radius 3 is 2.26 bits per heavy atom. The van der Waals surface area contributed by atoms with Gasteiger partial charge in [-0.3, -0.25) is 14.2 Å². The van der Waals surface area contributed by atoms with Crippen molar-refractivity contribution in [3.8, 4) is 5.75 Å². The number of methoxy groups -OCH3 is 1. The summed E-state index contributed by atoms with van der Waals surface area (Å²) < 4.78 is 44.7. The number of ether oxygens (including phenoxy) is 5. The number of rotatable bonds is 10. The first kappa shape index (κ1) is 41.4. The standard InChI is InChI=1S/C31H40N2O9.C7H10NO3P/c1-19(34)32-24-26(25-23(39-27(24)35)18-38-28(40-25)20-10-7-6-8-11-20)41-29(36)31(21-12-14-22(37-5)15-13-21)16-9-17-33(31)42-30(2,3)4;8-12(9,10)11-6-7-4-2-1-3-5-7/h6-8,10-15,23-28,35H,9,16-18H2,1-5H3,(H,32,34);1-5H,6H2,(H3,8,9,10)/t23-,24-,25-,26-,27?,28?,31-;/m1./s1. The smallest absolute Gasteiger partial charge is 0.400 e. The summed E-state index contributed by atoms with van der Waals surface area (Å²) in [6, 6.07) is 24.6. The van der Waals surface area contributed by atoms with Crippen LogP contribution in [0.15, 0.2) is 84.9 Å². The highest BCUT2D eigenvalue weighted by molar-refractivity contribution is 7.50. The third kappa shape index (κ3) is 10.5. The number of hydrogen-bond acceptors (Lipinski definition) is 12. The number of esters is 1. The Bertz CT molecular complexity index is 1720. The fourth-order valence-electron chi connectivity index (χ4n) is 6.58. The van der Waals surface area contributed by atoms with Crippen molar-refractivity contribution >= 4 is 19.6 Å². The molecule has 3 heterocycles. The van der Waals surface area contributed by atoms with Crippen LogP contribution in [0, 0.1) is 0 Å². The first-order valence-corrected chi connectivity index (χ1v) is 19.3. The summed E-state index contributed by atoms with van der Waals surface area (Å²) in [5, 5.41) is 15.3. The van der Waals surface area contributed by atoms with Crippen LogP contribution in [0.4, 0.5) is 0 Å². The van der Waals surface area contributed by atoms with Gasteiger partial charge in [-0.1, -0.05) is 72.8 Å². The number of nitrogens with two attached hydrogens (primary N) is 1. The molecule has 0 aromatic heterocycles. The number of hydrogen-bond donors (Lipinski definition) is 4. The predicted molar refractivity (Wildman–Crippen MR) is 195 cm³/mol. The quantitative estimate of drug-likeness (QED) is 0.169. The summed E-state index contributed by atoms with van der Waals surface area (Å²) >= 11 is 0. The number of carbonyl (C=O) groups is 2. The van der Waals surface area contributed by atoms with Gasteiger partial charge in [0.05, 0.1) is 25.9 Å². The van der Waals surface area contributed by atoms with Gasteiger partial charge in [0.15, 0.2) is 24.2 Å². The van der Waals surface area contributed by atoms with Gasteiger partial charge in [0.25, 0.3) is 0 Å². The van der Waals surface area contributed by atoms with E-state index in [0.29, 0.717) is 30.7 Å². The van der Waals surface area contributed by atoms with E-state index in [-0.39, 0.29) is 13.2 Å². The maximum atomic E-state index is 14.6. The molecule has 0 radical (unpaired) electrons. The molecule has 294 valence electrons. The SMILES string of the molecule is COc1ccc([C@@]2(C(=O)O[C@H]3[C@@H]4OC(c5ccccc5)OC[C@H]4OC(O)[C@@H]3NC(C)=O)CCCN2OC(C)(C)C)cc1.NP(=O)(O)OCc1ccccc1. The van der Waals surface area contributed by atoms with E-state index in [9.17, 15) is 19.3 Å². The molecule has 15 nitrogen and oxygen atoms in total. The molecule has 3 aliphatic heterocycles. The largest absolute Gasteiger partial charge is 0.497 e. The number of benzene rings is 3. The van der Waals surface area contributed by atoms with Gasteiger partial charge in [0.2, 0.25) is 5.91 Å². The molecule has 3 saturated heterocycles. The van der Waals surface area contributed by atoms with Crippen molar-refractivity contribution in [1.29, 1.82) is 0 Å². The van der Waals surface area contributed by atoms with Crippen molar-refractivity contribution in [1.82, 2.24) is 10.4 Å². The fraction of sp³-hybridized carbons (Fsp3) is 0.474. The Balaban J connectivity index is 0.000000398. The Labute approximate surface area is 315 Å². The van der Waals surface area contributed by atoms with E-state index >= 15 is 0 Å². The summed E-state index contributed by atoms with van der Waals surface area (Å²) in [5.74, 6) is -0.363. The van der Waals surface area contributed by atoms with Gasteiger partial charge in [-0.05, 0) is 56.9 Å². The number of aliphatic hydroxyl groups is 1. The zero-order chi connectivity index (χ0) is 39.1. The molecule has 0 bridgehead atoms. The lowest BCUT2D eigenvalue weighted by molar-refractivity contribution is -0.341. The number of hydroxylamine groups is 2. The number of nitrogens with one attached hydrogen (secondary N) is 1. The third-order valence-corrected chi connectivity index (χ3v) is 9.42. The summed E-state index contributed by atoms with van der Waals surface area (Å²) in [4.78, 5) is 41.7. The van der Waals surface area contributed by atoms with Crippen molar-refractivity contribution < 1.29 is 57.2 Å². The van der Waals surface area contributed by atoms with E-state index in [2.05, 4.69) is 9.84 Å². The van der Waals surface area contributed by atoms with Gasteiger partial charge in [0.1, 0.15) is 24.0 Å². The molecular weight excluding hydrogens is 721 g/mol. The Hall–Kier alpha value is -3.73. The minimum absolute atomic E-state index is 0.0606. The molecule has 3 aromatic rings. The van der Waals surface area contributed by atoms with Gasteiger partial charge in [-0.15, -0.1) is 0 Å². The van der Waals surface area contributed by atoms with Gasteiger partial charge in [-0.25, -0.2) is 14.9 Å². The molecular formula is C38H50N3O12P. The van der Waals surface area contributed by atoms with E-state index in [1.807, 2.05) is 81.4 Å². The molecule has 0 saturated carbocycles. The Kier molecular flexibility index (Phi) is 13.7.